The van der Waals surface area contributed by atoms with E-state index >= 15 is 0 Å². The van der Waals surface area contributed by atoms with E-state index in [1.165, 1.54) is 19.1 Å². The van der Waals surface area contributed by atoms with Crippen LogP contribution in [0.1, 0.15) is 30.9 Å². The molecule has 0 saturated carbocycles. The van der Waals surface area contributed by atoms with Crippen molar-refractivity contribution in [1.29, 1.82) is 0 Å². The normalized spacial score (nSPS) is 11.8. The lowest BCUT2D eigenvalue weighted by atomic mass is 10.1. The number of nitrogens with one attached hydrogen (secondary N) is 2. The van der Waals surface area contributed by atoms with Gasteiger partial charge in [0.2, 0.25) is 5.91 Å². The van der Waals surface area contributed by atoms with Gasteiger partial charge in [-0.2, -0.15) is 0 Å². The van der Waals surface area contributed by atoms with Crippen LogP contribution in [0.4, 0.5) is 4.79 Å². The molecule has 2 aromatic carbocycles. The second-order valence-electron chi connectivity index (χ2n) is 7.55. The lowest BCUT2D eigenvalue weighted by molar-refractivity contribution is -0.141. The summed E-state index contributed by atoms with van der Waals surface area (Å²) >= 11 is 0. The molecule has 0 fully saturated rings. The van der Waals surface area contributed by atoms with Gasteiger partial charge in [-0.05, 0) is 43.1 Å². The molecule has 0 unspecified atom stereocenters. The Morgan fingerprint density at radius 1 is 0.971 bits per heavy atom. The summed E-state index contributed by atoms with van der Waals surface area (Å²) in [5.41, 5.74) is 6.80. The highest BCUT2D eigenvalue weighted by atomic mass is 35.5. The van der Waals surface area contributed by atoms with E-state index in [9.17, 15) is 24.3 Å². The van der Waals surface area contributed by atoms with Crippen molar-refractivity contribution in [3.63, 3.8) is 0 Å². The number of halogens is 1. The molecule has 190 valence electrons. The van der Waals surface area contributed by atoms with E-state index in [0.29, 0.717) is 18.5 Å². The molecule has 0 radical (unpaired) electrons. The average molecular weight is 508 g/mol. The van der Waals surface area contributed by atoms with E-state index in [1.54, 1.807) is 12.1 Å². The third kappa shape index (κ3) is 10.9. The van der Waals surface area contributed by atoms with Crippen molar-refractivity contribution in [2.75, 3.05) is 6.54 Å². The molecule has 10 nitrogen and oxygen atoms in total. The summed E-state index contributed by atoms with van der Waals surface area (Å²) in [7, 11) is 0. The van der Waals surface area contributed by atoms with Gasteiger partial charge in [0.05, 0.1) is 0 Å². The molecule has 35 heavy (non-hydrogen) atoms. The summed E-state index contributed by atoms with van der Waals surface area (Å²) in [6.07, 6.45) is -0.0718. The zero-order chi connectivity index (χ0) is 24.9. The van der Waals surface area contributed by atoms with Crippen LogP contribution in [0.5, 0.6) is 5.75 Å². The molecule has 2 amide bonds. The molecule has 0 saturated heterocycles. The number of hydrogen-bond donors (Lipinski definition) is 4. The van der Waals surface area contributed by atoms with Crippen molar-refractivity contribution in [2.45, 2.75) is 44.9 Å². The number of aliphatic carboxylic acids is 1. The van der Waals surface area contributed by atoms with Gasteiger partial charge in [-0.25, -0.2) is 14.4 Å². The van der Waals surface area contributed by atoms with Gasteiger partial charge in [0, 0.05) is 12.8 Å². The van der Waals surface area contributed by atoms with Gasteiger partial charge in [0.15, 0.2) is 0 Å². The van der Waals surface area contributed by atoms with Crippen molar-refractivity contribution >= 4 is 36.3 Å². The van der Waals surface area contributed by atoms with Gasteiger partial charge >= 0.3 is 18.0 Å². The Labute approximate surface area is 209 Å². The third-order valence-corrected chi connectivity index (χ3v) is 4.72. The molecule has 0 spiro atoms. The fourth-order valence-corrected chi connectivity index (χ4v) is 2.86. The van der Waals surface area contributed by atoms with Crippen LogP contribution in [0.3, 0.4) is 0 Å². The van der Waals surface area contributed by atoms with Crippen LogP contribution >= 0.6 is 12.4 Å². The number of hydrogen-bond acceptors (Lipinski definition) is 7. The number of rotatable bonds is 12. The first-order valence-corrected chi connectivity index (χ1v) is 10.8. The van der Waals surface area contributed by atoms with Crippen molar-refractivity contribution in [3.8, 4) is 5.75 Å². The lowest BCUT2D eigenvalue weighted by Crippen LogP contribution is -2.42. The Bertz CT molecular complexity index is 971. The van der Waals surface area contributed by atoms with E-state index in [4.69, 9.17) is 15.2 Å². The first kappa shape index (κ1) is 29.4. The second-order valence-corrected chi connectivity index (χ2v) is 7.55. The first-order valence-electron chi connectivity index (χ1n) is 10.8. The average Bonchev–Trinajstić information content (AvgIpc) is 2.82. The molecule has 0 aliphatic heterocycles. The Morgan fingerprint density at radius 3 is 2.23 bits per heavy atom. The predicted octanol–water partition coefficient (Wildman–Crippen LogP) is 2.18. The van der Waals surface area contributed by atoms with Gasteiger partial charge < -0.3 is 30.9 Å². The first-order chi connectivity index (χ1) is 16.3. The van der Waals surface area contributed by atoms with Crippen molar-refractivity contribution in [3.05, 3.63) is 65.7 Å². The number of alkyl carbamates (subject to hydrolysis) is 1. The largest absolute Gasteiger partial charge is 0.480 e. The Morgan fingerprint density at radius 2 is 1.63 bits per heavy atom. The number of carboxylic acid groups (broad SMARTS) is 1. The number of amides is 2. The minimum atomic E-state index is -1.16. The monoisotopic (exact) mass is 507 g/mol. The molecule has 0 bridgehead atoms. The number of nitrogens with two attached hydrogens (primary N) is 1. The Kier molecular flexibility index (Phi) is 12.9. The summed E-state index contributed by atoms with van der Waals surface area (Å²) in [5.74, 6) is -2.01. The zero-order valence-corrected chi connectivity index (χ0v) is 20.1. The number of esters is 1. The highest BCUT2D eigenvalue weighted by molar-refractivity contribution is 5.85. The molecule has 5 N–H and O–H groups in total. The molecule has 0 heterocycles. The summed E-state index contributed by atoms with van der Waals surface area (Å²) in [5, 5.41) is 14.2. The molecule has 0 aliphatic carbocycles. The number of ether oxygens (including phenoxy) is 2. The zero-order valence-electron chi connectivity index (χ0n) is 19.3. The van der Waals surface area contributed by atoms with Crippen LogP contribution in [0.2, 0.25) is 0 Å². The maximum atomic E-state index is 12.3. The van der Waals surface area contributed by atoms with Crippen molar-refractivity contribution in [1.82, 2.24) is 10.6 Å². The maximum absolute atomic E-state index is 12.3. The van der Waals surface area contributed by atoms with Gasteiger partial charge in [-0.3, -0.25) is 4.79 Å². The maximum Gasteiger partial charge on any atom is 0.408 e. The van der Waals surface area contributed by atoms with E-state index in [1.807, 2.05) is 30.3 Å². The smallest absolute Gasteiger partial charge is 0.408 e. The van der Waals surface area contributed by atoms with E-state index in [-0.39, 0.29) is 43.5 Å². The minimum absolute atomic E-state index is 0. The Hall–Kier alpha value is -3.63. The molecule has 0 aromatic heterocycles. The highest BCUT2D eigenvalue weighted by Gasteiger charge is 2.21. The van der Waals surface area contributed by atoms with Crippen LogP contribution in [-0.4, -0.2) is 47.7 Å². The fourth-order valence-electron chi connectivity index (χ4n) is 2.86. The predicted molar refractivity (Wildman–Crippen MR) is 130 cm³/mol. The number of carboxylic acids is 1. The van der Waals surface area contributed by atoms with Crippen LogP contribution in [0, 0.1) is 0 Å². The van der Waals surface area contributed by atoms with Crippen molar-refractivity contribution in [2.24, 2.45) is 5.73 Å². The molecule has 11 heteroatoms. The van der Waals surface area contributed by atoms with Crippen LogP contribution in [-0.2, 0) is 32.1 Å². The standard InChI is InChI=1S/C24H29N3O7.ClH/c1-16(26-24(32)33-15-18-6-3-2-4-7-18)23(31)34-19-11-9-17(10-12-19)14-20(22(29)30)27-21(28)8-5-13-25;/h2-4,6-7,9-12,16,20H,5,8,13-15,25H2,1H3,(H,26,32)(H,27,28)(H,29,30);1H/t16-,20-;/m0./s1. The summed E-state index contributed by atoms with van der Waals surface area (Å²) in [4.78, 5) is 47.4. The van der Waals surface area contributed by atoms with Gasteiger partial charge in [-0.1, -0.05) is 42.5 Å². The highest BCUT2D eigenvalue weighted by Crippen LogP contribution is 2.15. The number of carbonyl (C=O) groups is 4. The molecule has 0 aliphatic rings. The minimum Gasteiger partial charge on any atom is -0.480 e. The van der Waals surface area contributed by atoms with E-state index < -0.39 is 30.1 Å². The molecular formula is C24H30ClN3O7. The second kappa shape index (κ2) is 15.3. The number of benzene rings is 2. The lowest BCUT2D eigenvalue weighted by Gasteiger charge is -2.15. The summed E-state index contributed by atoms with van der Waals surface area (Å²) < 4.78 is 10.3. The molecule has 2 rings (SSSR count). The van der Waals surface area contributed by atoms with Crippen LogP contribution in [0.25, 0.3) is 0 Å². The topological polar surface area (TPSA) is 157 Å². The summed E-state index contributed by atoms with van der Waals surface area (Å²) in [6, 6.07) is 13.3. The van der Waals surface area contributed by atoms with Gasteiger partial charge in [-0.15, -0.1) is 12.4 Å². The number of carbonyl (C=O) groups excluding carboxylic acids is 3. The Balaban J connectivity index is 0.00000612. The van der Waals surface area contributed by atoms with Crippen LogP contribution < -0.4 is 21.1 Å². The van der Waals surface area contributed by atoms with E-state index in [2.05, 4.69) is 10.6 Å². The van der Waals surface area contributed by atoms with Crippen LogP contribution in [0.15, 0.2) is 54.6 Å². The molecular weight excluding hydrogens is 478 g/mol. The van der Waals surface area contributed by atoms with Crippen molar-refractivity contribution < 1.29 is 33.8 Å². The molecule has 2 atom stereocenters. The quantitative estimate of drug-likeness (QED) is 0.251. The fraction of sp³-hybridized carbons (Fsp3) is 0.333. The third-order valence-electron chi connectivity index (χ3n) is 4.72. The summed E-state index contributed by atoms with van der Waals surface area (Å²) in [6.45, 7) is 1.88. The van der Waals surface area contributed by atoms with E-state index in [0.717, 1.165) is 5.56 Å². The molecule has 2 aromatic rings. The van der Waals surface area contributed by atoms with Gasteiger partial charge in [0.25, 0.3) is 0 Å². The SMILES string of the molecule is C[C@H](NC(=O)OCc1ccccc1)C(=O)Oc1ccc(C[C@H](NC(=O)CCCN)C(=O)O)cc1.Cl. The van der Waals surface area contributed by atoms with Gasteiger partial charge in [0.1, 0.15) is 24.4 Å².